The predicted molar refractivity (Wildman–Crippen MR) is 112 cm³/mol. The minimum atomic E-state index is -1.23. The smallest absolute Gasteiger partial charge is 0.337 e. The van der Waals surface area contributed by atoms with Crippen molar-refractivity contribution in [2.75, 3.05) is 11.1 Å². The summed E-state index contributed by atoms with van der Waals surface area (Å²) in [7, 11) is 0. The molecule has 1 heterocycles. The number of carboxylic acids is 1. The third-order valence-corrected chi connectivity index (χ3v) is 5.24. The normalized spacial score (nSPS) is 10.3. The number of aromatic nitrogens is 2. The molecule has 2 N–H and O–H groups in total. The molecule has 0 atom stereocenters. The molecule has 0 saturated carbocycles. The molecule has 29 heavy (non-hydrogen) atoms. The summed E-state index contributed by atoms with van der Waals surface area (Å²) in [4.78, 5) is 32.1. The van der Waals surface area contributed by atoms with E-state index < -0.39 is 11.9 Å². The van der Waals surface area contributed by atoms with Crippen molar-refractivity contribution in [1.82, 2.24) is 9.97 Å². The van der Waals surface area contributed by atoms with Gasteiger partial charge in [0.1, 0.15) is 10.7 Å². The molecule has 1 aromatic carbocycles. The van der Waals surface area contributed by atoms with Crippen LogP contribution in [0.3, 0.4) is 0 Å². The van der Waals surface area contributed by atoms with Gasteiger partial charge < -0.3 is 10.4 Å². The summed E-state index contributed by atoms with van der Waals surface area (Å²) in [6.45, 7) is 2.20. The van der Waals surface area contributed by atoms with Crippen LogP contribution in [0.25, 0.3) is 0 Å². The zero-order chi connectivity index (χ0) is 21.1. The van der Waals surface area contributed by atoms with E-state index in [2.05, 4.69) is 22.2 Å². The summed E-state index contributed by atoms with van der Waals surface area (Å²) >= 11 is 1.61. The van der Waals surface area contributed by atoms with E-state index in [0.29, 0.717) is 0 Å². The standard InChI is InChI=1S/C21H24N4O3S/c1-2-3-4-5-6-7-10-29-19-14-23-18(13-24-19)20(26)25-17-9-8-15(12-22)11-16(17)21(27)28/h8-9,11,13-14H,2-7,10H2,1H3,(H,25,26)(H,27,28). The number of unbranched alkanes of at least 4 members (excludes halogenated alkanes) is 5. The van der Waals surface area contributed by atoms with Gasteiger partial charge in [0, 0.05) is 0 Å². The lowest BCUT2D eigenvalue weighted by molar-refractivity contribution is 0.0698. The Morgan fingerprint density at radius 3 is 2.55 bits per heavy atom. The van der Waals surface area contributed by atoms with Crippen LogP contribution in [-0.4, -0.2) is 32.7 Å². The second kappa shape index (κ2) is 11.8. The van der Waals surface area contributed by atoms with Crippen molar-refractivity contribution in [2.24, 2.45) is 0 Å². The molecule has 0 saturated heterocycles. The maximum Gasteiger partial charge on any atom is 0.337 e. The van der Waals surface area contributed by atoms with Crippen LogP contribution in [-0.2, 0) is 0 Å². The van der Waals surface area contributed by atoms with Crippen LogP contribution >= 0.6 is 11.8 Å². The number of nitrogens with zero attached hydrogens (tertiary/aromatic N) is 3. The van der Waals surface area contributed by atoms with Crippen molar-refractivity contribution in [3.8, 4) is 6.07 Å². The Balaban J connectivity index is 1.89. The molecule has 7 nitrogen and oxygen atoms in total. The van der Waals surface area contributed by atoms with E-state index in [4.69, 9.17) is 5.26 Å². The average molecular weight is 413 g/mol. The molecular weight excluding hydrogens is 388 g/mol. The highest BCUT2D eigenvalue weighted by molar-refractivity contribution is 7.99. The SMILES string of the molecule is CCCCCCCCSc1cnc(C(=O)Nc2ccc(C#N)cc2C(=O)O)cn1. The van der Waals surface area contributed by atoms with Crippen molar-refractivity contribution < 1.29 is 14.7 Å². The summed E-state index contributed by atoms with van der Waals surface area (Å²) in [6, 6.07) is 5.91. The van der Waals surface area contributed by atoms with E-state index in [1.165, 1.54) is 56.5 Å². The Kier molecular flexibility index (Phi) is 9.12. The van der Waals surface area contributed by atoms with Crippen LogP contribution in [0.4, 0.5) is 5.69 Å². The van der Waals surface area contributed by atoms with Gasteiger partial charge in [-0.2, -0.15) is 5.26 Å². The van der Waals surface area contributed by atoms with Gasteiger partial charge in [0.2, 0.25) is 0 Å². The minimum absolute atomic E-state index is 0.0922. The molecule has 0 unspecified atom stereocenters. The van der Waals surface area contributed by atoms with E-state index in [1.807, 2.05) is 6.07 Å². The van der Waals surface area contributed by atoms with Crippen LogP contribution in [0.15, 0.2) is 35.6 Å². The van der Waals surface area contributed by atoms with Gasteiger partial charge in [-0.15, -0.1) is 11.8 Å². The van der Waals surface area contributed by atoms with Gasteiger partial charge in [-0.05, 0) is 30.4 Å². The number of carbonyl (C=O) groups is 2. The first-order chi connectivity index (χ1) is 14.0. The lowest BCUT2D eigenvalue weighted by Crippen LogP contribution is -2.16. The van der Waals surface area contributed by atoms with E-state index in [0.717, 1.165) is 17.2 Å². The molecule has 0 fully saturated rings. The highest BCUT2D eigenvalue weighted by Crippen LogP contribution is 2.20. The summed E-state index contributed by atoms with van der Waals surface area (Å²) < 4.78 is 0. The largest absolute Gasteiger partial charge is 0.478 e. The van der Waals surface area contributed by atoms with Crippen LogP contribution < -0.4 is 5.32 Å². The fourth-order valence-corrected chi connectivity index (χ4v) is 3.47. The zero-order valence-corrected chi connectivity index (χ0v) is 17.2. The van der Waals surface area contributed by atoms with E-state index >= 15 is 0 Å². The molecule has 0 spiro atoms. The molecule has 2 aromatic rings. The Bertz CT molecular complexity index is 878. The van der Waals surface area contributed by atoms with E-state index in [-0.39, 0.29) is 22.5 Å². The van der Waals surface area contributed by atoms with Gasteiger partial charge in [-0.25, -0.2) is 14.8 Å². The number of nitriles is 1. The highest BCUT2D eigenvalue weighted by atomic mass is 32.2. The zero-order valence-electron chi connectivity index (χ0n) is 16.4. The Hall–Kier alpha value is -2.92. The van der Waals surface area contributed by atoms with Gasteiger partial charge >= 0.3 is 5.97 Å². The number of benzene rings is 1. The van der Waals surface area contributed by atoms with Crippen molar-refractivity contribution in [3.05, 3.63) is 47.4 Å². The fraction of sp³-hybridized carbons (Fsp3) is 0.381. The summed E-state index contributed by atoms with van der Waals surface area (Å²) in [5, 5.41) is 21.4. The number of carboxylic acid groups (broad SMARTS) is 1. The molecule has 1 aromatic heterocycles. The predicted octanol–water partition coefficient (Wildman–Crippen LogP) is 4.75. The first kappa shape index (κ1) is 22.4. The number of thioether (sulfide) groups is 1. The van der Waals surface area contributed by atoms with Gasteiger partial charge in [0.05, 0.1) is 35.3 Å². The first-order valence-electron chi connectivity index (χ1n) is 9.58. The second-order valence-corrected chi connectivity index (χ2v) is 7.60. The molecule has 0 aliphatic carbocycles. The van der Waals surface area contributed by atoms with E-state index in [1.54, 1.807) is 18.0 Å². The number of carbonyl (C=O) groups excluding carboxylic acids is 1. The average Bonchev–Trinajstić information content (AvgIpc) is 2.73. The number of nitrogens with one attached hydrogen (secondary N) is 1. The molecule has 0 aliphatic heterocycles. The van der Waals surface area contributed by atoms with Gasteiger partial charge in [-0.1, -0.05) is 39.0 Å². The monoisotopic (exact) mass is 412 g/mol. The summed E-state index contributed by atoms with van der Waals surface area (Å²) in [5.74, 6) is -0.832. The van der Waals surface area contributed by atoms with Gasteiger partial charge in [0.15, 0.2) is 0 Å². The van der Waals surface area contributed by atoms with Gasteiger partial charge in [0.25, 0.3) is 5.91 Å². The molecular formula is C21H24N4O3S. The molecule has 0 radical (unpaired) electrons. The lowest BCUT2D eigenvalue weighted by atomic mass is 10.1. The Morgan fingerprint density at radius 2 is 1.90 bits per heavy atom. The van der Waals surface area contributed by atoms with Crippen LogP contribution in [0.1, 0.15) is 71.9 Å². The topological polar surface area (TPSA) is 116 Å². The molecule has 2 rings (SSSR count). The quantitative estimate of drug-likeness (QED) is 0.404. The number of aromatic carboxylic acids is 1. The van der Waals surface area contributed by atoms with Crippen LogP contribution in [0.5, 0.6) is 0 Å². The Labute approximate surface area is 174 Å². The van der Waals surface area contributed by atoms with Crippen molar-refractivity contribution in [1.29, 1.82) is 5.26 Å². The molecule has 0 aliphatic rings. The van der Waals surface area contributed by atoms with Gasteiger partial charge in [-0.3, -0.25) is 4.79 Å². The first-order valence-corrected chi connectivity index (χ1v) is 10.6. The summed E-state index contributed by atoms with van der Waals surface area (Å²) in [6.07, 6.45) is 10.3. The molecule has 0 bridgehead atoms. The number of hydrogen-bond acceptors (Lipinski definition) is 6. The number of hydrogen-bond donors (Lipinski definition) is 2. The van der Waals surface area contributed by atoms with Crippen LogP contribution in [0.2, 0.25) is 0 Å². The van der Waals surface area contributed by atoms with Crippen molar-refractivity contribution in [2.45, 2.75) is 50.5 Å². The highest BCUT2D eigenvalue weighted by Gasteiger charge is 2.15. The van der Waals surface area contributed by atoms with Crippen LogP contribution in [0, 0.1) is 11.3 Å². The maximum atomic E-state index is 12.4. The number of rotatable bonds is 11. The number of amides is 1. The second-order valence-electron chi connectivity index (χ2n) is 6.49. The lowest BCUT2D eigenvalue weighted by Gasteiger charge is -2.08. The Morgan fingerprint density at radius 1 is 1.14 bits per heavy atom. The van der Waals surface area contributed by atoms with Crippen molar-refractivity contribution >= 4 is 29.3 Å². The molecule has 8 heteroatoms. The fourth-order valence-electron chi connectivity index (χ4n) is 2.65. The summed E-state index contributed by atoms with van der Waals surface area (Å²) in [5.41, 5.74) is 0.239. The third kappa shape index (κ3) is 7.20. The number of anilines is 1. The molecule has 152 valence electrons. The maximum absolute atomic E-state index is 12.4. The minimum Gasteiger partial charge on any atom is -0.478 e. The molecule has 1 amide bonds. The van der Waals surface area contributed by atoms with E-state index in [9.17, 15) is 14.7 Å². The van der Waals surface area contributed by atoms with Crippen molar-refractivity contribution in [3.63, 3.8) is 0 Å². The third-order valence-electron chi connectivity index (χ3n) is 4.24.